The molecule has 0 saturated heterocycles. The summed E-state index contributed by atoms with van der Waals surface area (Å²) in [7, 11) is 0. The normalized spacial score (nSPS) is 12.1. The van der Waals surface area contributed by atoms with Gasteiger partial charge in [-0.2, -0.15) is 0 Å². The predicted molar refractivity (Wildman–Crippen MR) is 82.4 cm³/mol. The largest absolute Gasteiger partial charge is 0.363 e. The van der Waals surface area contributed by atoms with E-state index in [0.29, 0.717) is 0 Å². The number of benzene rings is 1. The number of aryl methyl sites for hydroxylation is 1. The van der Waals surface area contributed by atoms with Crippen molar-refractivity contribution in [3.63, 3.8) is 0 Å². The number of nitrogens with zero attached hydrogens (tertiary/aromatic N) is 4. The molecule has 3 rings (SSSR count). The van der Waals surface area contributed by atoms with E-state index in [2.05, 4.69) is 51.5 Å². The molecule has 0 spiro atoms. The quantitative estimate of drug-likeness (QED) is 0.797. The second-order valence-electron chi connectivity index (χ2n) is 4.97. The highest BCUT2D eigenvalue weighted by Gasteiger charge is 2.06. The van der Waals surface area contributed by atoms with Gasteiger partial charge >= 0.3 is 0 Å². The van der Waals surface area contributed by atoms with Crippen LogP contribution in [0.4, 0.5) is 5.82 Å². The van der Waals surface area contributed by atoms with Crippen LogP contribution in [0.2, 0.25) is 0 Å². The fourth-order valence-corrected chi connectivity index (χ4v) is 2.19. The van der Waals surface area contributed by atoms with E-state index >= 15 is 0 Å². The molecule has 5 heteroatoms. The van der Waals surface area contributed by atoms with Crippen LogP contribution in [0.3, 0.4) is 0 Å². The van der Waals surface area contributed by atoms with Gasteiger partial charge in [0.1, 0.15) is 12.1 Å². The summed E-state index contributed by atoms with van der Waals surface area (Å²) in [5, 5.41) is 3.38. The lowest BCUT2D eigenvalue weighted by Gasteiger charge is -2.15. The lowest BCUT2D eigenvalue weighted by molar-refractivity contribution is 0.868. The smallest absolute Gasteiger partial charge is 0.130 e. The minimum Gasteiger partial charge on any atom is -0.363 e. The average Bonchev–Trinajstić information content (AvgIpc) is 3.01. The first-order chi connectivity index (χ1) is 10.2. The Balaban J connectivity index is 1.74. The number of nitrogens with one attached hydrogen (secondary N) is 1. The Morgan fingerprint density at radius 3 is 2.62 bits per heavy atom. The summed E-state index contributed by atoms with van der Waals surface area (Å²) in [4.78, 5) is 12.4. The maximum absolute atomic E-state index is 4.23. The minimum absolute atomic E-state index is 0.177. The molecule has 0 fully saturated rings. The Bertz CT molecular complexity index is 704. The minimum atomic E-state index is 0.177. The van der Waals surface area contributed by atoms with Gasteiger partial charge in [0.15, 0.2) is 0 Å². The molecular weight excluding hydrogens is 262 g/mol. The van der Waals surface area contributed by atoms with Gasteiger partial charge in [-0.25, -0.2) is 15.0 Å². The maximum Gasteiger partial charge on any atom is 0.130 e. The van der Waals surface area contributed by atoms with Crippen molar-refractivity contribution in [2.75, 3.05) is 5.32 Å². The highest BCUT2D eigenvalue weighted by atomic mass is 15.0. The van der Waals surface area contributed by atoms with Gasteiger partial charge in [0.2, 0.25) is 0 Å². The van der Waals surface area contributed by atoms with E-state index in [1.807, 2.05) is 23.8 Å². The van der Waals surface area contributed by atoms with Gasteiger partial charge in [-0.3, -0.25) is 0 Å². The third-order valence-electron chi connectivity index (χ3n) is 3.36. The molecule has 0 radical (unpaired) electrons. The van der Waals surface area contributed by atoms with Crippen LogP contribution in [-0.2, 0) is 0 Å². The van der Waals surface area contributed by atoms with Crippen molar-refractivity contribution in [2.45, 2.75) is 19.9 Å². The molecule has 0 aliphatic heterocycles. The molecule has 3 aromatic rings. The van der Waals surface area contributed by atoms with Crippen molar-refractivity contribution in [3.8, 4) is 5.69 Å². The number of hydrogen-bond acceptors (Lipinski definition) is 4. The summed E-state index contributed by atoms with van der Waals surface area (Å²) in [5.74, 6) is 0.841. The average molecular weight is 279 g/mol. The summed E-state index contributed by atoms with van der Waals surface area (Å²) in [5.41, 5.74) is 3.26. The molecule has 1 aromatic carbocycles. The zero-order valence-electron chi connectivity index (χ0n) is 12.1. The van der Waals surface area contributed by atoms with Crippen molar-refractivity contribution in [1.82, 2.24) is 19.5 Å². The van der Waals surface area contributed by atoms with Gasteiger partial charge in [0, 0.05) is 35.9 Å². The van der Waals surface area contributed by atoms with Crippen molar-refractivity contribution in [3.05, 3.63) is 66.6 Å². The highest BCUT2D eigenvalue weighted by Crippen LogP contribution is 2.19. The first-order valence-corrected chi connectivity index (χ1v) is 6.86. The van der Waals surface area contributed by atoms with Crippen LogP contribution < -0.4 is 5.32 Å². The van der Waals surface area contributed by atoms with Gasteiger partial charge in [-0.05, 0) is 31.5 Å². The fourth-order valence-electron chi connectivity index (χ4n) is 2.19. The molecule has 0 amide bonds. The van der Waals surface area contributed by atoms with E-state index in [1.54, 1.807) is 18.9 Å². The summed E-state index contributed by atoms with van der Waals surface area (Å²) >= 11 is 0. The molecule has 0 aliphatic rings. The maximum atomic E-state index is 4.23. The van der Waals surface area contributed by atoms with Crippen molar-refractivity contribution >= 4 is 5.82 Å². The van der Waals surface area contributed by atoms with Gasteiger partial charge in [-0.15, -0.1) is 0 Å². The highest BCUT2D eigenvalue weighted by molar-refractivity contribution is 5.41. The van der Waals surface area contributed by atoms with E-state index in [1.165, 1.54) is 5.56 Å². The Kier molecular flexibility index (Phi) is 3.64. The van der Waals surface area contributed by atoms with Crippen molar-refractivity contribution in [2.24, 2.45) is 0 Å². The summed E-state index contributed by atoms with van der Waals surface area (Å²) < 4.78 is 1.98. The van der Waals surface area contributed by atoms with Gasteiger partial charge in [0.25, 0.3) is 0 Å². The van der Waals surface area contributed by atoms with Crippen LogP contribution in [-0.4, -0.2) is 19.5 Å². The first kappa shape index (κ1) is 13.3. The molecule has 2 aromatic heterocycles. The lowest BCUT2D eigenvalue weighted by atomic mass is 10.1. The van der Waals surface area contributed by atoms with E-state index < -0.39 is 0 Å². The molecule has 21 heavy (non-hydrogen) atoms. The number of rotatable bonds is 4. The van der Waals surface area contributed by atoms with Crippen LogP contribution in [0.15, 0.2) is 55.4 Å². The predicted octanol–water partition coefficient (Wildman–Crippen LogP) is 3.14. The Morgan fingerprint density at radius 2 is 1.95 bits per heavy atom. The Hall–Kier alpha value is -2.69. The SMILES string of the molecule is Cc1cc(NC(C)c2ccc(-n3ccnc3)cc2)ncn1. The second kappa shape index (κ2) is 5.75. The summed E-state index contributed by atoms with van der Waals surface area (Å²) in [6.45, 7) is 4.07. The number of hydrogen-bond donors (Lipinski definition) is 1. The van der Waals surface area contributed by atoms with E-state index in [9.17, 15) is 0 Å². The Labute approximate surface area is 123 Å². The van der Waals surface area contributed by atoms with Crippen LogP contribution in [0.5, 0.6) is 0 Å². The first-order valence-electron chi connectivity index (χ1n) is 6.86. The molecule has 106 valence electrons. The molecule has 5 nitrogen and oxygen atoms in total. The van der Waals surface area contributed by atoms with Crippen molar-refractivity contribution in [1.29, 1.82) is 0 Å². The van der Waals surface area contributed by atoms with Crippen LogP contribution in [0.25, 0.3) is 5.69 Å². The summed E-state index contributed by atoms with van der Waals surface area (Å²) in [6, 6.07) is 10.5. The van der Waals surface area contributed by atoms with E-state index in [0.717, 1.165) is 17.2 Å². The van der Waals surface area contributed by atoms with E-state index in [4.69, 9.17) is 0 Å². The lowest BCUT2D eigenvalue weighted by Crippen LogP contribution is -2.08. The van der Waals surface area contributed by atoms with Gasteiger partial charge in [0.05, 0.1) is 6.33 Å². The number of imidazole rings is 1. The van der Waals surface area contributed by atoms with Crippen molar-refractivity contribution < 1.29 is 0 Å². The topological polar surface area (TPSA) is 55.6 Å². The van der Waals surface area contributed by atoms with Crippen LogP contribution in [0, 0.1) is 6.92 Å². The van der Waals surface area contributed by atoms with Gasteiger partial charge in [-0.1, -0.05) is 12.1 Å². The molecule has 1 atom stereocenters. The molecule has 0 bridgehead atoms. The van der Waals surface area contributed by atoms with E-state index in [-0.39, 0.29) is 6.04 Å². The van der Waals surface area contributed by atoms with Crippen LogP contribution in [0.1, 0.15) is 24.2 Å². The zero-order chi connectivity index (χ0) is 14.7. The molecule has 0 saturated carbocycles. The summed E-state index contributed by atoms with van der Waals surface area (Å²) in [6.07, 6.45) is 7.07. The van der Waals surface area contributed by atoms with Gasteiger partial charge < -0.3 is 9.88 Å². The molecule has 1 N–H and O–H groups in total. The third-order valence-corrected chi connectivity index (χ3v) is 3.36. The Morgan fingerprint density at radius 1 is 1.14 bits per heavy atom. The number of anilines is 1. The molecular formula is C16H17N5. The third kappa shape index (κ3) is 3.08. The second-order valence-corrected chi connectivity index (χ2v) is 4.97. The molecule has 1 unspecified atom stereocenters. The number of aromatic nitrogens is 4. The zero-order valence-corrected chi connectivity index (χ0v) is 12.1. The standard InChI is InChI=1S/C16H17N5/c1-12-9-16(19-10-18-12)20-13(2)14-3-5-15(6-4-14)21-8-7-17-11-21/h3-11,13H,1-2H3,(H,18,19,20). The molecule has 0 aliphatic carbocycles. The fraction of sp³-hybridized carbons (Fsp3) is 0.188. The van der Waals surface area contributed by atoms with Crippen LogP contribution >= 0.6 is 0 Å². The monoisotopic (exact) mass is 279 g/mol. The molecule has 2 heterocycles.